The van der Waals surface area contributed by atoms with Crippen LogP contribution in [0.4, 0.5) is 0 Å². The number of hydrogen-bond acceptors (Lipinski definition) is 5. The topological polar surface area (TPSA) is 69.6 Å². The van der Waals surface area contributed by atoms with Gasteiger partial charge in [0.2, 0.25) is 0 Å². The predicted octanol–water partition coefficient (Wildman–Crippen LogP) is 0.702. The van der Waals surface area contributed by atoms with Gasteiger partial charge in [0.15, 0.2) is 0 Å². The Morgan fingerprint density at radius 2 is 2.00 bits per heavy atom. The van der Waals surface area contributed by atoms with E-state index >= 15 is 0 Å². The first-order chi connectivity index (χ1) is 9.20. The van der Waals surface area contributed by atoms with Gasteiger partial charge in [-0.25, -0.2) is 14.8 Å². The quantitative estimate of drug-likeness (QED) is 0.844. The molecule has 6 heteroatoms. The highest BCUT2D eigenvalue weighted by Crippen LogP contribution is 2.10. The van der Waals surface area contributed by atoms with Gasteiger partial charge >= 0.3 is 5.97 Å². The molecule has 0 spiro atoms. The van der Waals surface area contributed by atoms with Crippen molar-refractivity contribution in [1.29, 1.82) is 0 Å². The molecule has 1 aliphatic rings. The molecule has 1 aliphatic heterocycles. The maximum Gasteiger partial charge on any atom is 0.339 e. The van der Waals surface area contributed by atoms with Gasteiger partial charge in [-0.1, -0.05) is 6.92 Å². The van der Waals surface area contributed by atoms with E-state index < -0.39 is 5.97 Å². The first-order valence-corrected chi connectivity index (χ1v) is 6.67. The second kappa shape index (κ2) is 6.58. The molecule has 1 aromatic heterocycles. The number of carboxylic acids is 1. The molecule has 0 atom stereocenters. The van der Waals surface area contributed by atoms with Crippen LogP contribution in [0.1, 0.15) is 29.4 Å². The Kier molecular flexibility index (Phi) is 4.81. The summed E-state index contributed by atoms with van der Waals surface area (Å²) in [4.78, 5) is 23.7. The van der Waals surface area contributed by atoms with Crippen molar-refractivity contribution >= 4 is 5.97 Å². The van der Waals surface area contributed by atoms with Crippen molar-refractivity contribution in [3.05, 3.63) is 23.8 Å². The first kappa shape index (κ1) is 13.9. The Labute approximate surface area is 113 Å². The van der Waals surface area contributed by atoms with E-state index in [0.717, 1.165) is 32.7 Å². The van der Waals surface area contributed by atoms with Crippen LogP contribution in [0.2, 0.25) is 0 Å². The van der Waals surface area contributed by atoms with E-state index in [-0.39, 0.29) is 5.56 Å². The molecule has 1 saturated heterocycles. The number of rotatable bonds is 5. The Balaban J connectivity index is 1.94. The lowest BCUT2D eigenvalue weighted by Crippen LogP contribution is -2.46. The van der Waals surface area contributed by atoms with Crippen LogP contribution in [0.5, 0.6) is 0 Å². The maximum atomic E-state index is 11.1. The van der Waals surface area contributed by atoms with Gasteiger partial charge in [0.1, 0.15) is 11.9 Å². The summed E-state index contributed by atoms with van der Waals surface area (Å²) in [6, 6.07) is 0. The summed E-state index contributed by atoms with van der Waals surface area (Å²) in [6.45, 7) is 7.92. The highest BCUT2D eigenvalue weighted by Gasteiger charge is 2.19. The molecule has 1 aromatic rings. The van der Waals surface area contributed by atoms with Gasteiger partial charge in [-0.15, -0.1) is 0 Å². The summed E-state index contributed by atoms with van der Waals surface area (Å²) < 4.78 is 0. The standard InChI is InChI=1S/C13H20N4O2/c1-2-3-16-4-6-17(7-5-16)9-12-11(13(18)19)8-14-10-15-12/h8,10H,2-7,9H2,1H3,(H,18,19). The van der Waals surface area contributed by atoms with Gasteiger partial charge in [-0.05, 0) is 13.0 Å². The highest BCUT2D eigenvalue weighted by molar-refractivity contribution is 5.88. The largest absolute Gasteiger partial charge is 0.478 e. The first-order valence-electron chi connectivity index (χ1n) is 6.67. The highest BCUT2D eigenvalue weighted by atomic mass is 16.4. The van der Waals surface area contributed by atoms with Crippen LogP contribution >= 0.6 is 0 Å². The van der Waals surface area contributed by atoms with Crippen LogP contribution < -0.4 is 0 Å². The lowest BCUT2D eigenvalue weighted by Gasteiger charge is -2.34. The number of hydrogen-bond donors (Lipinski definition) is 1. The van der Waals surface area contributed by atoms with E-state index in [4.69, 9.17) is 5.11 Å². The summed E-state index contributed by atoms with van der Waals surface area (Å²) in [7, 11) is 0. The Bertz CT molecular complexity index is 430. The molecule has 0 radical (unpaired) electrons. The van der Waals surface area contributed by atoms with Gasteiger partial charge in [0.25, 0.3) is 0 Å². The zero-order chi connectivity index (χ0) is 13.7. The van der Waals surface area contributed by atoms with Gasteiger partial charge < -0.3 is 10.0 Å². The van der Waals surface area contributed by atoms with Crippen LogP contribution in [-0.2, 0) is 6.54 Å². The minimum absolute atomic E-state index is 0.207. The second-order valence-electron chi connectivity index (χ2n) is 4.81. The van der Waals surface area contributed by atoms with Gasteiger partial charge in [0.05, 0.1) is 5.69 Å². The van der Waals surface area contributed by atoms with Crippen molar-refractivity contribution in [2.45, 2.75) is 19.9 Å². The van der Waals surface area contributed by atoms with Crippen molar-refractivity contribution in [1.82, 2.24) is 19.8 Å². The Morgan fingerprint density at radius 3 is 2.63 bits per heavy atom. The number of carbonyl (C=O) groups is 1. The summed E-state index contributed by atoms with van der Waals surface area (Å²) in [6.07, 6.45) is 3.96. The number of nitrogens with zero attached hydrogens (tertiary/aromatic N) is 4. The van der Waals surface area contributed by atoms with Gasteiger partial charge in [-0.2, -0.15) is 0 Å². The van der Waals surface area contributed by atoms with Crippen molar-refractivity contribution in [2.24, 2.45) is 0 Å². The van der Waals surface area contributed by atoms with Gasteiger partial charge in [0, 0.05) is 38.9 Å². The molecule has 0 amide bonds. The second-order valence-corrected chi connectivity index (χ2v) is 4.81. The van der Waals surface area contributed by atoms with E-state index in [1.165, 1.54) is 18.9 Å². The minimum atomic E-state index is -0.958. The van der Waals surface area contributed by atoms with E-state index in [1.807, 2.05) is 0 Å². The van der Waals surface area contributed by atoms with Crippen molar-refractivity contribution < 1.29 is 9.90 Å². The Hall–Kier alpha value is -1.53. The third kappa shape index (κ3) is 3.71. The van der Waals surface area contributed by atoms with Crippen LogP contribution in [0.25, 0.3) is 0 Å². The molecule has 0 bridgehead atoms. The summed E-state index contributed by atoms with van der Waals surface area (Å²) in [5.74, 6) is -0.958. The number of piperazine rings is 1. The number of aromatic carboxylic acids is 1. The van der Waals surface area contributed by atoms with E-state index in [2.05, 4.69) is 26.7 Å². The molecule has 6 nitrogen and oxygen atoms in total. The fourth-order valence-corrected chi connectivity index (χ4v) is 2.36. The fraction of sp³-hybridized carbons (Fsp3) is 0.615. The molecule has 0 aliphatic carbocycles. The normalized spacial score (nSPS) is 17.5. The molecule has 2 heterocycles. The van der Waals surface area contributed by atoms with Crippen LogP contribution in [0.15, 0.2) is 12.5 Å². The molecule has 0 aromatic carbocycles. The molecule has 1 N–H and O–H groups in total. The van der Waals surface area contributed by atoms with E-state index in [0.29, 0.717) is 12.2 Å². The third-order valence-electron chi connectivity index (χ3n) is 3.40. The SMILES string of the molecule is CCCN1CCN(Cc2ncncc2C(=O)O)CC1. The maximum absolute atomic E-state index is 11.1. The van der Waals surface area contributed by atoms with E-state index in [1.54, 1.807) is 0 Å². The Morgan fingerprint density at radius 1 is 1.32 bits per heavy atom. The number of carboxylic acid groups (broad SMARTS) is 1. The van der Waals surface area contributed by atoms with Crippen LogP contribution in [0, 0.1) is 0 Å². The van der Waals surface area contributed by atoms with Crippen LogP contribution in [0.3, 0.4) is 0 Å². The molecule has 19 heavy (non-hydrogen) atoms. The third-order valence-corrected chi connectivity index (χ3v) is 3.40. The minimum Gasteiger partial charge on any atom is -0.478 e. The zero-order valence-corrected chi connectivity index (χ0v) is 11.2. The molecular weight excluding hydrogens is 244 g/mol. The van der Waals surface area contributed by atoms with Crippen LogP contribution in [-0.4, -0.2) is 63.6 Å². The lowest BCUT2D eigenvalue weighted by atomic mass is 10.2. The number of aromatic nitrogens is 2. The smallest absolute Gasteiger partial charge is 0.339 e. The summed E-state index contributed by atoms with van der Waals surface area (Å²) in [5, 5.41) is 9.10. The van der Waals surface area contributed by atoms with Crippen molar-refractivity contribution in [2.75, 3.05) is 32.7 Å². The summed E-state index contributed by atoms with van der Waals surface area (Å²) >= 11 is 0. The fourth-order valence-electron chi connectivity index (χ4n) is 2.36. The average Bonchev–Trinajstić information content (AvgIpc) is 2.42. The van der Waals surface area contributed by atoms with Crippen molar-refractivity contribution in [3.63, 3.8) is 0 Å². The zero-order valence-electron chi connectivity index (χ0n) is 11.2. The summed E-state index contributed by atoms with van der Waals surface area (Å²) in [5.41, 5.74) is 0.810. The van der Waals surface area contributed by atoms with E-state index in [9.17, 15) is 4.79 Å². The molecule has 104 valence electrons. The monoisotopic (exact) mass is 264 g/mol. The van der Waals surface area contributed by atoms with Gasteiger partial charge in [-0.3, -0.25) is 4.90 Å². The average molecular weight is 264 g/mol. The molecule has 0 saturated carbocycles. The van der Waals surface area contributed by atoms with Crippen molar-refractivity contribution in [3.8, 4) is 0 Å². The molecule has 0 unspecified atom stereocenters. The molecule has 2 rings (SSSR count). The molecular formula is C13H20N4O2. The predicted molar refractivity (Wildman–Crippen MR) is 71.0 cm³/mol. The lowest BCUT2D eigenvalue weighted by molar-refractivity contribution is 0.0691. The molecule has 1 fully saturated rings.